The summed E-state index contributed by atoms with van der Waals surface area (Å²) in [4.78, 5) is 20.8. The molecule has 4 heterocycles. The molecule has 0 radical (unpaired) electrons. The highest BCUT2D eigenvalue weighted by molar-refractivity contribution is 7.92. The molecular formula is C18H20N6O3S2. The maximum Gasteiger partial charge on any atom is 0.330 e. The second kappa shape index (κ2) is 7.23. The standard InChI is InChI=1S/C18H20N6O3S2/c1-12(2)24-11-19-21-17(24)13-5-4-6-14(20-13)22-9-10-23(18(22)25)15-7-8-16(28-15)29(3,26)27/h4-8,11-12H,9-10H2,1-3H3. The summed E-state index contributed by atoms with van der Waals surface area (Å²) in [6, 6.07) is 8.58. The fourth-order valence-corrected chi connectivity index (χ4v) is 5.05. The maximum absolute atomic E-state index is 13.0. The third kappa shape index (κ3) is 3.62. The van der Waals surface area contributed by atoms with Crippen LogP contribution < -0.4 is 9.80 Å². The molecule has 0 unspecified atom stereocenters. The van der Waals surface area contributed by atoms with Crippen LogP contribution in [0.1, 0.15) is 19.9 Å². The number of rotatable bonds is 5. The Labute approximate surface area is 172 Å². The van der Waals surface area contributed by atoms with E-state index in [-0.39, 0.29) is 16.3 Å². The minimum absolute atomic E-state index is 0.178. The molecule has 9 nitrogen and oxygen atoms in total. The van der Waals surface area contributed by atoms with Crippen molar-refractivity contribution in [2.45, 2.75) is 24.1 Å². The number of thiophene rings is 1. The second-order valence-corrected chi connectivity index (χ2v) is 10.3. The smallest absolute Gasteiger partial charge is 0.310 e. The molecule has 1 saturated heterocycles. The molecule has 0 spiro atoms. The molecule has 152 valence electrons. The van der Waals surface area contributed by atoms with Gasteiger partial charge in [-0.05, 0) is 38.1 Å². The van der Waals surface area contributed by atoms with Crippen LogP contribution in [0.3, 0.4) is 0 Å². The third-order valence-electron chi connectivity index (χ3n) is 4.58. The summed E-state index contributed by atoms with van der Waals surface area (Å²) in [5, 5.41) is 8.74. The quantitative estimate of drug-likeness (QED) is 0.614. The van der Waals surface area contributed by atoms with E-state index in [1.165, 1.54) is 6.07 Å². The van der Waals surface area contributed by atoms with E-state index in [1.54, 1.807) is 28.3 Å². The van der Waals surface area contributed by atoms with E-state index in [1.807, 2.05) is 30.5 Å². The van der Waals surface area contributed by atoms with E-state index in [0.717, 1.165) is 17.6 Å². The molecule has 0 atom stereocenters. The van der Waals surface area contributed by atoms with Crippen LogP contribution in [0, 0.1) is 0 Å². The van der Waals surface area contributed by atoms with E-state index in [4.69, 9.17) is 0 Å². The van der Waals surface area contributed by atoms with Gasteiger partial charge in [0.1, 0.15) is 27.0 Å². The molecule has 0 saturated carbocycles. The van der Waals surface area contributed by atoms with Gasteiger partial charge in [-0.3, -0.25) is 9.80 Å². The highest BCUT2D eigenvalue weighted by Crippen LogP contribution is 2.33. The fourth-order valence-electron chi connectivity index (χ4n) is 3.11. The zero-order chi connectivity index (χ0) is 20.8. The molecule has 29 heavy (non-hydrogen) atoms. The zero-order valence-corrected chi connectivity index (χ0v) is 17.8. The number of amides is 2. The van der Waals surface area contributed by atoms with Gasteiger partial charge in [0.05, 0.1) is 0 Å². The van der Waals surface area contributed by atoms with Crippen LogP contribution in [0.2, 0.25) is 0 Å². The first-order valence-electron chi connectivity index (χ1n) is 9.01. The highest BCUT2D eigenvalue weighted by atomic mass is 32.2. The fraction of sp³-hybridized carbons (Fsp3) is 0.333. The number of aromatic nitrogens is 4. The summed E-state index contributed by atoms with van der Waals surface area (Å²) >= 11 is 1.09. The molecule has 0 N–H and O–H groups in total. The van der Waals surface area contributed by atoms with Crippen LogP contribution >= 0.6 is 11.3 Å². The van der Waals surface area contributed by atoms with Gasteiger partial charge in [-0.15, -0.1) is 21.5 Å². The summed E-state index contributed by atoms with van der Waals surface area (Å²) in [7, 11) is -3.30. The van der Waals surface area contributed by atoms with Crippen molar-refractivity contribution in [3.63, 3.8) is 0 Å². The monoisotopic (exact) mass is 432 g/mol. The lowest BCUT2D eigenvalue weighted by Crippen LogP contribution is -2.31. The van der Waals surface area contributed by atoms with Gasteiger partial charge in [-0.1, -0.05) is 6.07 Å². The lowest BCUT2D eigenvalue weighted by atomic mass is 10.3. The van der Waals surface area contributed by atoms with Crippen molar-refractivity contribution in [3.05, 3.63) is 36.7 Å². The summed E-state index contributed by atoms with van der Waals surface area (Å²) in [6.07, 6.45) is 2.82. The number of hydrogen-bond donors (Lipinski definition) is 0. The van der Waals surface area contributed by atoms with Crippen molar-refractivity contribution < 1.29 is 13.2 Å². The Kier molecular flexibility index (Phi) is 4.87. The first-order valence-corrected chi connectivity index (χ1v) is 11.7. The van der Waals surface area contributed by atoms with Crippen LogP contribution in [0.4, 0.5) is 15.6 Å². The Morgan fingerprint density at radius 1 is 1.10 bits per heavy atom. The predicted octanol–water partition coefficient (Wildman–Crippen LogP) is 2.83. The largest absolute Gasteiger partial charge is 0.330 e. The van der Waals surface area contributed by atoms with E-state index >= 15 is 0 Å². The number of carbonyl (C=O) groups excluding carboxylic acids is 1. The van der Waals surface area contributed by atoms with E-state index in [0.29, 0.717) is 35.4 Å². The number of nitrogens with zero attached hydrogens (tertiary/aromatic N) is 6. The van der Waals surface area contributed by atoms with Crippen LogP contribution in [0.25, 0.3) is 11.5 Å². The average molecular weight is 433 g/mol. The molecule has 11 heteroatoms. The zero-order valence-electron chi connectivity index (χ0n) is 16.2. The summed E-state index contributed by atoms with van der Waals surface area (Å²) in [6.45, 7) is 4.98. The molecule has 1 fully saturated rings. The van der Waals surface area contributed by atoms with Crippen LogP contribution in [-0.4, -0.2) is 53.5 Å². The van der Waals surface area contributed by atoms with Crippen molar-refractivity contribution in [2.24, 2.45) is 0 Å². The third-order valence-corrected chi connectivity index (χ3v) is 7.51. The molecule has 3 aromatic heterocycles. The first-order chi connectivity index (χ1) is 13.8. The molecule has 0 aromatic carbocycles. The van der Waals surface area contributed by atoms with Gasteiger partial charge in [0.25, 0.3) is 0 Å². The number of urea groups is 1. The van der Waals surface area contributed by atoms with Crippen molar-refractivity contribution >= 4 is 38.0 Å². The van der Waals surface area contributed by atoms with E-state index < -0.39 is 9.84 Å². The molecule has 1 aliphatic heterocycles. The first kappa shape index (κ1) is 19.5. The topological polar surface area (TPSA) is 101 Å². The normalized spacial score (nSPS) is 15.0. The summed E-state index contributed by atoms with van der Waals surface area (Å²) in [5.41, 5.74) is 0.635. The van der Waals surface area contributed by atoms with Crippen LogP contribution in [-0.2, 0) is 9.84 Å². The number of anilines is 2. The van der Waals surface area contributed by atoms with Gasteiger partial charge in [-0.2, -0.15) is 0 Å². The predicted molar refractivity (Wildman–Crippen MR) is 111 cm³/mol. The second-order valence-electron chi connectivity index (χ2n) is 6.99. The average Bonchev–Trinajstić information content (AvgIpc) is 3.40. The van der Waals surface area contributed by atoms with Crippen LogP contribution in [0.15, 0.2) is 40.9 Å². The van der Waals surface area contributed by atoms with Gasteiger partial charge in [0.2, 0.25) is 0 Å². The minimum atomic E-state index is -3.30. The Morgan fingerprint density at radius 2 is 1.86 bits per heavy atom. The molecule has 4 rings (SSSR count). The summed E-state index contributed by atoms with van der Waals surface area (Å²) in [5.74, 6) is 1.16. The Balaban J connectivity index is 1.61. The van der Waals surface area contributed by atoms with Crippen LogP contribution in [0.5, 0.6) is 0 Å². The lowest BCUT2D eigenvalue weighted by Gasteiger charge is -2.17. The lowest BCUT2D eigenvalue weighted by molar-refractivity contribution is 0.256. The Hall–Kier alpha value is -2.79. The van der Waals surface area contributed by atoms with Gasteiger partial charge < -0.3 is 4.57 Å². The van der Waals surface area contributed by atoms with Crippen molar-refractivity contribution in [1.29, 1.82) is 0 Å². The Morgan fingerprint density at radius 3 is 2.55 bits per heavy atom. The van der Waals surface area contributed by atoms with Gasteiger partial charge in [-0.25, -0.2) is 18.2 Å². The van der Waals surface area contributed by atoms with Crippen molar-refractivity contribution in [2.75, 3.05) is 29.1 Å². The minimum Gasteiger partial charge on any atom is -0.310 e. The highest BCUT2D eigenvalue weighted by Gasteiger charge is 2.33. The van der Waals surface area contributed by atoms with E-state index in [9.17, 15) is 13.2 Å². The SMILES string of the molecule is CC(C)n1cnnc1-c1cccc(N2CCN(c3ccc(S(C)(=O)=O)s3)C2=O)n1. The molecular weight excluding hydrogens is 412 g/mol. The van der Waals surface area contributed by atoms with Gasteiger partial charge in [0.15, 0.2) is 15.7 Å². The molecule has 0 bridgehead atoms. The summed E-state index contributed by atoms with van der Waals surface area (Å²) < 4.78 is 25.6. The van der Waals surface area contributed by atoms with Crippen molar-refractivity contribution in [1.82, 2.24) is 19.7 Å². The van der Waals surface area contributed by atoms with Gasteiger partial charge >= 0.3 is 6.03 Å². The number of pyridine rings is 1. The molecule has 3 aromatic rings. The number of carbonyl (C=O) groups is 1. The van der Waals surface area contributed by atoms with E-state index in [2.05, 4.69) is 15.2 Å². The Bertz CT molecular complexity index is 1170. The molecule has 0 aliphatic carbocycles. The van der Waals surface area contributed by atoms with Gasteiger partial charge in [0, 0.05) is 25.4 Å². The maximum atomic E-state index is 13.0. The molecule has 2 amide bonds. The van der Waals surface area contributed by atoms with Crippen molar-refractivity contribution in [3.8, 4) is 11.5 Å². The molecule has 1 aliphatic rings. The number of hydrogen-bond acceptors (Lipinski definition) is 7. The number of sulfone groups is 1.